The van der Waals surface area contributed by atoms with Crippen molar-refractivity contribution in [2.75, 3.05) is 51.0 Å². The molecule has 5 heterocycles. The summed E-state index contributed by atoms with van der Waals surface area (Å²) >= 11 is 0. The van der Waals surface area contributed by atoms with Crippen molar-refractivity contribution in [2.45, 2.75) is 96.9 Å². The van der Waals surface area contributed by atoms with Crippen LogP contribution < -0.4 is 31.2 Å². The fraction of sp³-hybridized carbons (Fsp3) is 0.458. The number of carbonyl (C=O) groups is 4. The molecule has 0 bridgehead atoms. The van der Waals surface area contributed by atoms with Gasteiger partial charge in [-0.3, -0.25) is 29.2 Å². The number of piperidine rings is 1. The van der Waals surface area contributed by atoms with Crippen LogP contribution in [0.1, 0.15) is 114 Å². The molecule has 19 nitrogen and oxygen atoms in total. The Balaban J connectivity index is 1.20. The molecule has 1 atom stereocenters. The third-order valence-corrected chi connectivity index (χ3v) is 13.9. The lowest BCUT2D eigenvalue weighted by atomic mass is 9.93. The summed E-state index contributed by atoms with van der Waals surface area (Å²) in [7, 11) is -3.07. The second kappa shape index (κ2) is 21.5. The molecule has 7 rings (SSSR count). The minimum atomic E-state index is -3.07. The first-order chi connectivity index (χ1) is 32.5. The topological polar surface area (TPSA) is 258 Å². The van der Waals surface area contributed by atoms with Crippen molar-refractivity contribution in [2.24, 2.45) is 10.7 Å². The molecule has 0 radical (unpaired) electrons. The van der Waals surface area contributed by atoms with Gasteiger partial charge in [-0.05, 0) is 109 Å². The van der Waals surface area contributed by atoms with E-state index in [1.165, 1.54) is 6.26 Å². The lowest BCUT2D eigenvalue weighted by Crippen LogP contribution is -2.40. The molecule has 2 aromatic heterocycles. The average molecular weight is 952 g/mol. The SMILES string of the molecule is CCC/C(=C\C(C)=N)C(=O)NC1=Nc2cc(C(N)=O)cc3c2[C@@H]1C/C=C/Cn1c(NC(=O)c2cc(C)nn2CC)nc2cc(C(=O)NCCCN4CCC(S(C)(=O)=O)CC4)cc(c21)OCCCO3. The molecule has 362 valence electrons. The fourth-order valence-electron chi connectivity index (χ4n) is 8.87. The number of anilines is 1. The molecule has 1 saturated heterocycles. The van der Waals surface area contributed by atoms with Crippen molar-refractivity contribution in [3.05, 3.63) is 82.2 Å². The minimum Gasteiger partial charge on any atom is -0.493 e. The number of benzene rings is 2. The summed E-state index contributed by atoms with van der Waals surface area (Å²) in [5, 5.41) is 21.2. The highest BCUT2D eigenvalue weighted by Crippen LogP contribution is 2.44. The maximum Gasteiger partial charge on any atom is 0.276 e. The van der Waals surface area contributed by atoms with Gasteiger partial charge < -0.3 is 40.7 Å². The number of aromatic nitrogens is 4. The number of ether oxygens (including phenoxy) is 2. The highest BCUT2D eigenvalue weighted by molar-refractivity contribution is 7.91. The van der Waals surface area contributed by atoms with Gasteiger partial charge in [0.05, 0.1) is 41.3 Å². The molecule has 3 aliphatic rings. The summed E-state index contributed by atoms with van der Waals surface area (Å²) in [4.78, 5) is 65.9. The van der Waals surface area contributed by atoms with Gasteiger partial charge in [0, 0.05) is 60.3 Å². The van der Waals surface area contributed by atoms with Crippen LogP contribution in [0.2, 0.25) is 0 Å². The zero-order valence-electron chi connectivity index (χ0n) is 39.3. The van der Waals surface area contributed by atoms with E-state index in [-0.39, 0.29) is 54.0 Å². The van der Waals surface area contributed by atoms with E-state index in [9.17, 15) is 27.6 Å². The summed E-state index contributed by atoms with van der Waals surface area (Å²) in [5.74, 6) is -1.00. The number of nitrogens with zero attached hydrogens (tertiary/aromatic N) is 6. The number of hydrogen-bond donors (Lipinski definition) is 5. The first-order valence-corrected chi connectivity index (χ1v) is 25.1. The number of primary amides is 1. The van der Waals surface area contributed by atoms with E-state index < -0.39 is 27.6 Å². The molecular formula is C48H61N11O8S. The van der Waals surface area contributed by atoms with E-state index in [1.807, 2.05) is 37.5 Å². The van der Waals surface area contributed by atoms with E-state index >= 15 is 0 Å². The predicted octanol–water partition coefficient (Wildman–Crippen LogP) is 5.36. The van der Waals surface area contributed by atoms with Gasteiger partial charge in [0.2, 0.25) is 11.9 Å². The summed E-state index contributed by atoms with van der Waals surface area (Å²) in [6.45, 7) is 10.7. The second-order valence-corrected chi connectivity index (χ2v) is 19.8. The highest BCUT2D eigenvalue weighted by Gasteiger charge is 2.33. The predicted molar refractivity (Wildman–Crippen MR) is 260 cm³/mol. The molecule has 68 heavy (non-hydrogen) atoms. The number of amidine groups is 1. The monoisotopic (exact) mass is 951 g/mol. The van der Waals surface area contributed by atoms with Crippen LogP contribution in [0.4, 0.5) is 11.6 Å². The van der Waals surface area contributed by atoms with Crippen LogP contribution in [0.5, 0.6) is 11.5 Å². The van der Waals surface area contributed by atoms with Crippen LogP contribution in [0, 0.1) is 12.3 Å². The van der Waals surface area contributed by atoms with Gasteiger partial charge in [-0.1, -0.05) is 25.5 Å². The van der Waals surface area contributed by atoms with Gasteiger partial charge >= 0.3 is 0 Å². The number of nitrogens with one attached hydrogen (secondary N) is 4. The van der Waals surface area contributed by atoms with Crippen LogP contribution in [0.15, 0.2) is 59.1 Å². The number of rotatable bonds is 14. The van der Waals surface area contributed by atoms with Gasteiger partial charge in [-0.25, -0.2) is 18.4 Å². The Hall–Kier alpha value is -6.67. The number of nitrogens with two attached hydrogens (primary N) is 1. The third-order valence-electron chi connectivity index (χ3n) is 12.2. The number of hydrogen-bond acceptors (Lipinski definition) is 13. The Labute approximate surface area is 396 Å². The molecule has 0 unspecified atom stereocenters. The van der Waals surface area contributed by atoms with E-state index in [2.05, 4.69) is 25.9 Å². The van der Waals surface area contributed by atoms with Crippen molar-refractivity contribution < 1.29 is 37.1 Å². The molecule has 0 spiro atoms. The van der Waals surface area contributed by atoms with Crippen LogP contribution in [-0.2, 0) is 27.7 Å². The Morgan fingerprint density at radius 2 is 1.71 bits per heavy atom. The first-order valence-electron chi connectivity index (χ1n) is 23.2. The molecule has 6 N–H and O–H groups in total. The molecule has 0 saturated carbocycles. The summed E-state index contributed by atoms with van der Waals surface area (Å²) in [6, 6.07) is 8.21. The van der Waals surface area contributed by atoms with Crippen LogP contribution >= 0.6 is 0 Å². The van der Waals surface area contributed by atoms with Gasteiger partial charge in [-0.15, -0.1) is 0 Å². The van der Waals surface area contributed by atoms with Crippen molar-refractivity contribution in [1.82, 2.24) is 34.9 Å². The molecule has 4 amide bonds. The highest BCUT2D eigenvalue weighted by atomic mass is 32.2. The minimum absolute atomic E-state index is 0.145. The number of aryl methyl sites for hydroxylation is 2. The molecule has 2 aromatic carbocycles. The molecular weight excluding hydrogens is 891 g/mol. The Morgan fingerprint density at radius 1 is 0.971 bits per heavy atom. The first kappa shape index (κ1) is 49.2. The second-order valence-electron chi connectivity index (χ2n) is 17.4. The van der Waals surface area contributed by atoms with Crippen LogP contribution in [0.3, 0.4) is 0 Å². The lowest BCUT2D eigenvalue weighted by molar-refractivity contribution is -0.116. The van der Waals surface area contributed by atoms with Crippen molar-refractivity contribution in [3.63, 3.8) is 0 Å². The smallest absolute Gasteiger partial charge is 0.276 e. The van der Waals surface area contributed by atoms with E-state index in [1.54, 1.807) is 48.0 Å². The summed E-state index contributed by atoms with van der Waals surface area (Å²) in [6.07, 6.45) is 10.4. The largest absolute Gasteiger partial charge is 0.493 e. The van der Waals surface area contributed by atoms with Crippen molar-refractivity contribution in [3.8, 4) is 11.5 Å². The zero-order valence-corrected chi connectivity index (χ0v) is 40.1. The van der Waals surface area contributed by atoms with Crippen molar-refractivity contribution >= 4 is 67.7 Å². The Morgan fingerprint density at radius 3 is 2.40 bits per heavy atom. The fourth-order valence-corrected chi connectivity index (χ4v) is 9.93. The third kappa shape index (κ3) is 11.5. The Kier molecular flexibility index (Phi) is 15.6. The molecule has 3 aliphatic heterocycles. The maximum atomic E-state index is 13.9. The number of imidazole rings is 1. The number of allylic oxidation sites excluding steroid dienone is 3. The van der Waals surface area contributed by atoms with E-state index in [0.29, 0.717) is 140 Å². The van der Waals surface area contributed by atoms with Gasteiger partial charge in [0.1, 0.15) is 38.4 Å². The molecule has 0 aliphatic carbocycles. The number of likely N-dealkylation sites (tertiary alicyclic amines) is 1. The zero-order chi connectivity index (χ0) is 48.7. The molecule has 1 fully saturated rings. The number of amides is 4. The number of aliphatic imine (C=N–C) groups is 1. The Bertz CT molecular complexity index is 2820. The summed E-state index contributed by atoms with van der Waals surface area (Å²) < 4.78 is 40.3. The van der Waals surface area contributed by atoms with Crippen LogP contribution in [0.25, 0.3) is 11.0 Å². The maximum absolute atomic E-state index is 13.9. The van der Waals surface area contributed by atoms with Gasteiger partial charge in [0.15, 0.2) is 0 Å². The summed E-state index contributed by atoms with van der Waals surface area (Å²) in [5.41, 5.74) is 10.0. The standard InChI is InChI=1S/C48H61N11O8S/c1-6-12-31(23-29(3)49)46(62)54-44-35-13-8-9-18-58-42-37(53-48(58)55-47(63)38-24-30(4)56-59(38)7-2)26-33(45(61)51-16-10-17-57-19-14-34(15-20-57)68(5,64)65)28-40(42)67-22-11-21-66-39-27-32(43(50)60)25-36(52-44)41(35)39/h8-9,23-28,34-35,49H,6-7,10-22H2,1-5H3,(H2,50,60)(H,51,61)(H,52,54,62)(H,53,55,63)/b9-8+,31-23+,49-29?/t35-/m0/s1. The molecule has 20 heteroatoms. The molecule has 4 aromatic rings. The van der Waals surface area contributed by atoms with Gasteiger partial charge in [0.25, 0.3) is 17.7 Å². The average Bonchev–Trinajstić information content (AvgIpc) is 3.97. The van der Waals surface area contributed by atoms with E-state index in [0.717, 1.165) is 0 Å². The van der Waals surface area contributed by atoms with Crippen molar-refractivity contribution in [1.29, 1.82) is 5.41 Å². The normalized spacial score (nSPS) is 17.5. The number of sulfone groups is 1. The number of carbonyl (C=O) groups excluding carboxylic acids is 4. The lowest BCUT2D eigenvalue weighted by Gasteiger charge is -2.30. The van der Waals surface area contributed by atoms with Crippen LogP contribution in [-0.4, -0.2) is 119 Å². The quantitative estimate of drug-likeness (QED) is 0.0465. The van der Waals surface area contributed by atoms with E-state index in [4.69, 9.17) is 30.6 Å². The van der Waals surface area contributed by atoms with Gasteiger partial charge in [-0.2, -0.15) is 5.10 Å².